The third kappa shape index (κ3) is 2.46. The molecule has 6 heteroatoms. The predicted octanol–water partition coefficient (Wildman–Crippen LogP) is 0.127. The van der Waals surface area contributed by atoms with E-state index in [-0.39, 0.29) is 5.84 Å². The molecule has 0 aliphatic carbocycles. The first-order valence-electron chi connectivity index (χ1n) is 4.24. The fraction of sp³-hybridized carbons (Fsp3) is 0.500. The minimum atomic E-state index is 0.150. The van der Waals surface area contributed by atoms with Crippen molar-refractivity contribution in [2.24, 2.45) is 10.9 Å². The van der Waals surface area contributed by atoms with E-state index in [4.69, 9.17) is 15.5 Å². The third-order valence-corrected chi connectivity index (χ3v) is 1.92. The molecule has 6 nitrogen and oxygen atoms in total. The summed E-state index contributed by atoms with van der Waals surface area (Å²) in [7, 11) is 0. The highest BCUT2D eigenvalue weighted by Crippen LogP contribution is 2.10. The van der Waals surface area contributed by atoms with Gasteiger partial charge in [0.05, 0.1) is 12.2 Å². The quantitative estimate of drug-likeness (QED) is 0.276. The molecule has 1 heterocycles. The van der Waals surface area contributed by atoms with Gasteiger partial charge in [-0.05, 0) is 13.8 Å². The van der Waals surface area contributed by atoms with E-state index in [2.05, 4.69) is 15.6 Å². The molecule has 4 N–H and O–H groups in total. The van der Waals surface area contributed by atoms with Gasteiger partial charge in [-0.25, -0.2) is 0 Å². The van der Waals surface area contributed by atoms with Crippen LogP contribution in [0, 0.1) is 13.8 Å². The maximum Gasteiger partial charge on any atom is 0.153 e. The highest BCUT2D eigenvalue weighted by molar-refractivity contribution is 5.81. The lowest BCUT2D eigenvalue weighted by Gasteiger charge is -2.02. The molecule has 1 aromatic rings. The smallest absolute Gasteiger partial charge is 0.153 e. The molecular weight excluding hydrogens is 184 g/mol. The Kier molecular flexibility index (Phi) is 3.47. The van der Waals surface area contributed by atoms with Gasteiger partial charge >= 0.3 is 0 Å². The second kappa shape index (κ2) is 4.61. The number of nitrogens with zero attached hydrogens (tertiary/aromatic N) is 2. The largest absolute Gasteiger partial charge is 0.409 e. The van der Waals surface area contributed by atoms with E-state index >= 15 is 0 Å². The van der Waals surface area contributed by atoms with Crippen LogP contribution in [0.5, 0.6) is 0 Å². The number of hydrogen-bond acceptors (Lipinski definition) is 5. The van der Waals surface area contributed by atoms with Crippen molar-refractivity contribution in [3.63, 3.8) is 0 Å². The molecule has 0 aromatic carbocycles. The zero-order valence-corrected chi connectivity index (χ0v) is 8.24. The highest BCUT2D eigenvalue weighted by atomic mass is 16.5. The zero-order chi connectivity index (χ0) is 10.6. The monoisotopic (exact) mass is 198 g/mol. The lowest BCUT2D eigenvalue weighted by Crippen LogP contribution is -2.28. The summed E-state index contributed by atoms with van der Waals surface area (Å²) in [5, 5.41) is 18.0. The number of amidine groups is 1. The molecular formula is C8H14N4O2. The van der Waals surface area contributed by atoms with E-state index in [1.54, 1.807) is 0 Å². The molecule has 1 aromatic heterocycles. The summed E-state index contributed by atoms with van der Waals surface area (Å²) < 4.78 is 4.98. The normalized spacial score (nSPS) is 12.0. The molecule has 78 valence electrons. The van der Waals surface area contributed by atoms with Gasteiger partial charge in [0, 0.05) is 12.1 Å². The summed E-state index contributed by atoms with van der Waals surface area (Å²) in [6.07, 6.45) is 0. The Morgan fingerprint density at radius 2 is 2.36 bits per heavy atom. The van der Waals surface area contributed by atoms with Crippen LogP contribution in [0.25, 0.3) is 0 Å². The van der Waals surface area contributed by atoms with E-state index in [1.165, 1.54) is 0 Å². The van der Waals surface area contributed by atoms with Crippen LogP contribution < -0.4 is 11.1 Å². The fourth-order valence-corrected chi connectivity index (χ4v) is 1.11. The van der Waals surface area contributed by atoms with Gasteiger partial charge in [0.15, 0.2) is 5.84 Å². The average Bonchev–Trinajstić information content (AvgIpc) is 2.48. The van der Waals surface area contributed by atoms with Crippen LogP contribution in [-0.2, 0) is 6.54 Å². The number of oxime groups is 1. The van der Waals surface area contributed by atoms with Gasteiger partial charge in [0.1, 0.15) is 5.76 Å². The molecule has 0 saturated carbocycles. The van der Waals surface area contributed by atoms with Crippen molar-refractivity contribution in [1.29, 1.82) is 0 Å². The number of aromatic nitrogens is 1. The Morgan fingerprint density at radius 3 is 2.86 bits per heavy atom. The summed E-state index contributed by atoms with van der Waals surface area (Å²) >= 11 is 0. The van der Waals surface area contributed by atoms with Crippen molar-refractivity contribution >= 4 is 5.84 Å². The highest BCUT2D eigenvalue weighted by Gasteiger charge is 2.07. The van der Waals surface area contributed by atoms with Gasteiger partial charge in [-0.15, -0.1) is 0 Å². The summed E-state index contributed by atoms with van der Waals surface area (Å²) in [6, 6.07) is 0. The minimum Gasteiger partial charge on any atom is -0.409 e. The van der Waals surface area contributed by atoms with E-state index < -0.39 is 0 Å². The van der Waals surface area contributed by atoms with Crippen LogP contribution in [0.15, 0.2) is 9.68 Å². The minimum absolute atomic E-state index is 0.150. The van der Waals surface area contributed by atoms with Crippen molar-refractivity contribution in [2.75, 3.05) is 6.54 Å². The Bertz CT molecular complexity index is 313. The maximum absolute atomic E-state index is 8.29. The van der Waals surface area contributed by atoms with E-state index in [0.29, 0.717) is 13.1 Å². The molecule has 0 amide bonds. The number of hydrogen-bond donors (Lipinski definition) is 3. The standard InChI is InChI=1S/C8H14N4O2/c1-5-7(6(2)14-12-5)3-10-4-8(9)11-13/h10,13H,3-4H2,1-2H3,(H2,9,11). The summed E-state index contributed by atoms with van der Waals surface area (Å²) in [5.74, 6) is 0.936. The second-order valence-corrected chi connectivity index (χ2v) is 3.00. The zero-order valence-electron chi connectivity index (χ0n) is 8.24. The third-order valence-electron chi connectivity index (χ3n) is 1.92. The van der Waals surface area contributed by atoms with Crippen molar-refractivity contribution in [3.05, 3.63) is 17.0 Å². The van der Waals surface area contributed by atoms with E-state index in [0.717, 1.165) is 17.0 Å². The van der Waals surface area contributed by atoms with Crippen LogP contribution in [-0.4, -0.2) is 22.7 Å². The SMILES string of the molecule is Cc1noc(C)c1CNCC(N)=NO. The molecule has 0 fully saturated rings. The van der Waals surface area contributed by atoms with Crippen molar-refractivity contribution in [1.82, 2.24) is 10.5 Å². The van der Waals surface area contributed by atoms with Gasteiger partial charge in [-0.3, -0.25) is 0 Å². The lowest BCUT2D eigenvalue weighted by atomic mass is 10.2. The molecule has 0 radical (unpaired) electrons. The first kappa shape index (κ1) is 10.5. The fourth-order valence-electron chi connectivity index (χ4n) is 1.11. The Labute approximate surface area is 81.8 Å². The van der Waals surface area contributed by atoms with Gasteiger partial charge in [-0.1, -0.05) is 10.3 Å². The molecule has 0 unspecified atom stereocenters. The molecule has 14 heavy (non-hydrogen) atoms. The molecule has 0 atom stereocenters. The molecule has 0 aliphatic rings. The van der Waals surface area contributed by atoms with Crippen LogP contribution in [0.2, 0.25) is 0 Å². The van der Waals surface area contributed by atoms with Gasteiger partial charge in [-0.2, -0.15) is 0 Å². The first-order valence-corrected chi connectivity index (χ1v) is 4.24. The van der Waals surface area contributed by atoms with Gasteiger partial charge in [0.2, 0.25) is 0 Å². The summed E-state index contributed by atoms with van der Waals surface area (Å²) in [4.78, 5) is 0. The van der Waals surface area contributed by atoms with E-state index in [1.807, 2.05) is 13.8 Å². The van der Waals surface area contributed by atoms with Crippen LogP contribution >= 0.6 is 0 Å². The number of rotatable bonds is 4. The van der Waals surface area contributed by atoms with Crippen molar-refractivity contribution in [3.8, 4) is 0 Å². The predicted molar refractivity (Wildman–Crippen MR) is 51.1 cm³/mol. The molecule has 0 bridgehead atoms. The number of nitrogens with two attached hydrogens (primary N) is 1. The average molecular weight is 198 g/mol. The second-order valence-electron chi connectivity index (χ2n) is 3.00. The Hall–Kier alpha value is -1.56. The maximum atomic E-state index is 8.29. The van der Waals surface area contributed by atoms with E-state index in [9.17, 15) is 0 Å². The topological polar surface area (TPSA) is 96.7 Å². The first-order chi connectivity index (χ1) is 6.65. The van der Waals surface area contributed by atoms with Crippen LogP contribution in [0.1, 0.15) is 17.0 Å². The molecule has 0 aliphatic heterocycles. The summed E-state index contributed by atoms with van der Waals surface area (Å²) in [5.41, 5.74) is 7.15. The lowest BCUT2D eigenvalue weighted by molar-refractivity contribution is 0.317. The van der Waals surface area contributed by atoms with Crippen LogP contribution in [0.4, 0.5) is 0 Å². The van der Waals surface area contributed by atoms with Crippen molar-refractivity contribution < 1.29 is 9.73 Å². The van der Waals surface area contributed by atoms with Crippen molar-refractivity contribution in [2.45, 2.75) is 20.4 Å². The Balaban J connectivity index is 2.46. The van der Waals surface area contributed by atoms with Gasteiger partial charge < -0.3 is 20.8 Å². The molecule has 0 spiro atoms. The summed E-state index contributed by atoms with van der Waals surface area (Å²) in [6.45, 7) is 4.65. The number of aryl methyl sites for hydroxylation is 2. The molecule has 0 saturated heterocycles. The van der Waals surface area contributed by atoms with Crippen LogP contribution in [0.3, 0.4) is 0 Å². The van der Waals surface area contributed by atoms with Gasteiger partial charge in [0.25, 0.3) is 0 Å². The molecule has 1 rings (SSSR count). The Morgan fingerprint density at radius 1 is 1.64 bits per heavy atom. The number of nitrogens with one attached hydrogen (secondary N) is 1.